The fourth-order valence-electron chi connectivity index (χ4n) is 0.574. The first-order valence-electron chi connectivity index (χ1n) is 2.57. The molecule has 0 bridgehead atoms. The SMILES string of the molecule is C.O=C([O-])c1ccccc1.[Li+]. The number of carbonyl (C=O) groups excluding carboxylic acids is 1. The summed E-state index contributed by atoms with van der Waals surface area (Å²) in [5.74, 6) is -1.13. The molecule has 0 aliphatic rings. The van der Waals surface area contributed by atoms with Gasteiger partial charge in [-0.15, -0.1) is 0 Å². The quantitative estimate of drug-likeness (QED) is 0.415. The van der Waals surface area contributed by atoms with Crippen LogP contribution in [0.15, 0.2) is 30.3 Å². The van der Waals surface area contributed by atoms with E-state index >= 15 is 0 Å². The summed E-state index contributed by atoms with van der Waals surface area (Å²) in [6.45, 7) is 0. The van der Waals surface area contributed by atoms with Crippen molar-refractivity contribution in [1.82, 2.24) is 0 Å². The van der Waals surface area contributed by atoms with Crippen LogP contribution in [0.3, 0.4) is 0 Å². The number of hydrogen-bond donors (Lipinski definition) is 0. The second-order valence-corrected chi connectivity index (χ2v) is 1.65. The van der Waals surface area contributed by atoms with Gasteiger partial charge >= 0.3 is 18.9 Å². The minimum absolute atomic E-state index is 0. The van der Waals surface area contributed by atoms with Gasteiger partial charge < -0.3 is 9.90 Å². The molecule has 0 saturated carbocycles. The minimum Gasteiger partial charge on any atom is -0.545 e. The van der Waals surface area contributed by atoms with Gasteiger partial charge in [-0.3, -0.25) is 0 Å². The van der Waals surface area contributed by atoms with Crippen LogP contribution in [0.2, 0.25) is 0 Å². The minimum atomic E-state index is -1.13. The Morgan fingerprint density at radius 3 is 1.91 bits per heavy atom. The van der Waals surface area contributed by atoms with Crippen LogP contribution in [-0.2, 0) is 0 Å². The first-order valence-corrected chi connectivity index (χ1v) is 2.57. The molecule has 0 aromatic heterocycles. The molecule has 0 N–H and O–H groups in total. The molecule has 54 valence electrons. The van der Waals surface area contributed by atoms with Crippen LogP contribution in [0, 0.1) is 0 Å². The van der Waals surface area contributed by atoms with Crippen molar-refractivity contribution in [3.05, 3.63) is 35.9 Å². The van der Waals surface area contributed by atoms with Crippen molar-refractivity contribution >= 4 is 5.97 Å². The number of hydrogen-bond acceptors (Lipinski definition) is 2. The fourth-order valence-corrected chi connectivity index (χ4v) is 0.574. The van der Waals surface area contributed by atoms with Crippen LogP contribution >= 0.6 is 0 Å². The van der Waals surface area contributed by atoms with Gasteiger partial charge in [-0.25, -0.2) is 0 Å². The topological polar surface area (TPSA) is 40.1 Å². The van der Waals surface area contributed by atoms with Crippen LogP contribution in [0.5, 0.6) is 0 Å². The summed E-state index contributed by atoms with van der Waals surface area (Å²) < 4.78 is 0. The molecule has 1 aromatic rings. The second-order valence-electron chi connectivity index (χ2n) is 1.65. The summed E-state index contributed by atoms with van der Waals surface area (Å²) in [6, 6.07) is 8.06. The van der Waals surface area contributed by atoms with E-state index in [4.69, 9.17) is 0 Å². The molecule has 0 unspecified atom stereocenters. The van der Waals surface area contributed by atoms with Crippen LogP contribution in [0.25, 0.3) is 0 Å². The van der Waals surface area contributed by atoms with Crippen LogP contribution in [0.1, 0.15) is 17.8 Å². The third kappa shape index (κ3) is 3.87. The maximum Gasteiger partial charge on any atom is 1.00 e. The van der Waals surface area contributed by atoms with Gasteiger partial charge in [0, 0.05) is 0 Å². The van der Waals surface area contributed by atoms with Gasteiger partial charge in [0.15, 0.2) is 0 Å². The Kier molecular flexibility index (Phi) is 7.08. The largest absolute Gasteiger partial charge is 1.00 e. The van der Waals surface area contributed by atoms with Crippen molar-refractivity contribution in [2.45, 2.75) is 7.43 Å². The predicted molar refractivity (Wildman–Crippen MR) is 37.5 cm³/mol. The number of carboxylic acid groups (broad SMARTS) is 1. The van der Waals surface area contributed by atoms with Crippen molar-refractivity contribution < 1.29 is 28.8 Å². The summed E-state index contributed by atoms with van der Waals surface area (Å²) in [7, 11) is 0. The molecule has 0 amide bonds. The third-order valence-electron chi connectivity index (χ3n) is 1.01. The number of rotatable bonds is 1. The molecule has 0 saturated heterocycles. The maximum atomic E-state index is 10.1. The molecule has 2 nitrogen and oxygen atoms in total. The molecule has 0 aliphatic heterocycles. The first kappa shape index (κ1) is 12.9. The average molecular weight is 144 g/mol. The molecule has 0 radical (unpaired) electrons. The number of aromatic carboxylic acids is 1. The van der Waals surface area contributed by atoms with Crippen molar-refractivity contribution in [3.63, 3.8) is 0 Å². The Balaban J connectivity index is 0. The predicted octanol–water partition coefficient (Wildman–Crippen LogP) is -2.31. The zero-order valence-corrected chi connectivity index (χ0v) is 5.70. The van der Waals surface area contributed by atoms with Gasteiger partial charge in [0.2, 0.25) is 0 Å². The summed E-state index contributed by atoms with van der Waals surface area (Å²) in [5, 5.41) is 10.1. The third-order valence-corrected chi connectivity index (χ3v) is 1.01. The summed E-state index contributed by atoms with van der Waals surface area (Å²) in [6.07, 6.45) is 0. The van der Waals surface area contributed by atoms with E-state index in [2.05, 4.69) is 0 Å². The Labute approximate surface area is 78.4 Å². The zero-order valence-electron chi connectivity index (χ0n) is 5.70. The molecule has 3 heteroatoms. The van der Waals surface area contributed by atoms with E-state index in [0.29, 0.717) is 0 Å². The van der Waals surface area contributed by atoms with Crippen LogP contribution < -0.4 is 24.0 Å². The standard InChI is InChI=1S/C7H6O2.CH4.Li/c8-7(9)6-4-2-1-3-5-6;;/h1-5H,(H,8,9);1H4;/q;;+1/p-1. The van der Waals surface area contributed by atoms with Crippen LogP contribution in [-0.4, -0.2) is 5.97 Å². The van der Waals surface area contributed by atoms with E-state index in [0.717, 1.165) is 0 Å². The average Bonchev–Trinajstić information content (AvgIpc) is 1.90. The molecule has 0 atom stereocenters. The van der Waals surface area contributed by atoms with E-state index in [1.165, 1.54) is 12.1 Å². The van der Waals surface area contributed by atoms with Crippen molar-refractivity contribution in [3.8, 4) is 0 Å². The molecule has 0 spiro atoms. The van der Waals surface area contributed by atoms with E-state index < -0.39 is 5.97 Å². The Hall–Kier alpha value is -0.713. The molecular weight excluding hydrogens is 135 g/mol. The second kappa shape index (κ2) is 6.03. The van der Waals surface area contributed by atoms with Gasteiger partial charge in [0.25, 0.3) is 0 Å². The molecular formula is C8H9LiO2. The molecule has 1 rings (SSSR count). The Bertz CT molecular complexity index is 209. The number of benzene rings is 1. The number of carboxylic acids is 1. The monoisotopic (exact) mass is 144 g/mol. The normalized spacial score (nSPS) is 7.27. The maximum absolute atomic E-state index is 10.1. The Morgan fingerprint density at radius 1 is 1.18 bits per heavy atom. The van der Waals surface area contributed by atoms with Gasteiger partial charge in [0.1, 0.15) is 0 Å². The molecule has 0 heterocycles. The summed E-state index contributed by atoms with van der Waals surface area (Å²) in [4.78, 5) is 10.1. The zero-order chi connectivity index (χ0) is 6.69. The Morgan fingerprint density at radius 2 is 1.64 bits per heavy atom. The summed E-state index contributed by atoms with van der Waals surface area (Å²) in [5.41, 5.74) is 0.220. The van der Waals surface area contributed by atoms with E-state index in [9.17, 15) is 9.90 Å². The van der Waals surface area contributed by atoms with E-state index in [1.807, 2.05) is 0 Å². The van der Waals surface area contributed by atoms with Gasteiger partial charge in [-0.1, -0.05) is 37.8 Å². The molecule has 1 aromatic carbocycles. The van der Waals surface area contributed by atoms with Crippen LogP contribution in [0.4, 0.5) is 0 Å². The van der Waals surface area contributed by atoms with E-state index in [1.54, 1.807) is 18.2 Å². The van der Waals surface area contributed by atoms with Crippen molar-refractivity contribution in [2.24, 2.45) is 0 Å². The fraction of sp³-hybridized carbons (Fsp3) is 0.125. The number of carbonyl (C=O) groups is 1. The van der Waals surface area contributed by atoms with Crippen molar-refractivity contribution in [1.29, 1.82) is 0 Å². The molecule has 11 heavy (non-hydrogen) atoms. The molecule has 0 fully saturated rings. The van der Waals surface area contributed by atoms with Gasteiger partial charge in [0.05, 0.1) is 5.97 Å². The molecule has 0 aliphatic carbocycles. The van der Waals surface area contributed by atoms with Gasteiger partial charge in [-0.05, 0) is 5.56 Å². The summed E-state index contributed by atoms with van der Waals surface area (Å²) >= 11 is 0. The van der Waals surface area contributed by atoms with E-state index in [-0.39, 0.29) is 31.9 Å². The van der Waals surface area contributed by atoms with Crippen molar-refractivity contribution in [2.75, 3.05) is 0 Å². The van der Waals surface area contributed by atoms with Gasteiger partial charge in [-0.2, -0.15) is 0 Å². The first-order chi connectivity index (χ1) is 4.30. The smallest absolute Gasteiger partial charge is 0.545 e.